The Morgan fingerprint density at radius 1 is 1.16 bits per heavy atom. The number of nitrogens with zero attached hydrogens (tertiary/aromatic N) is 7. The van der Waals surface area contributed by atoms with E-state index >= 15 is 0 Å². The van der Waals surface area contributed by atoms with Gasteiger partial charge in [-0.3, -0.25) is 13.9 Å². The Hall–Kier alpha value is -3.28. The Labute approximate surface area is 227 Å². The zero-order valence-electron chi connectivity index (χ0n) is 22.1. The van der Waals surface area contributed by atoms with Gasteiger partial charge >= 0.3 is 0 Å². The molecule has 5 rings (SSSR count). The molecule has 3 aromatic heterocycles. The Morgan fingerprint density at radius 2 is 2.00 bits per heavy atom. The van der Waals surface area contributed by atoms with Gasteiger partial charge in [-0.15, -0.1) is 10.2 Å². The second-order valence-electron chi connectivity index (χ2n) is 10.8. The van der Waals surface area contributed by atoms with Crippen molar-refractivity contribution in [1.29, 1.82) is 0 Å². The molecule has 1 aliphatic heterocycles. The van der Waals surface area contributed by atoms with E-state index in [1.165, 1.54) is 17.0 Å². The van der Waals surface area contributed by atoms with Crippen molar-refractivity contribution in [2.45, 2.75) is 58.3 Å². The topological polar surface area (TPSA) is 104 Å². The minimum Gasteiger partial charge on any atom is -0.361 e. The predicted molar refractivity (Wildman–Crippen MR) is 149 cm³/mol. The number of benzene rings is 1. The summed E-state index contributed by atoms with van der Waals surface area (Å²) in [6, 6.07) is 11.9. The third kappa shape index (κ3) is 5.74. The summed E-state index contributed by atoms with van der Waals surface area (Å²) in [7, 11) is -1.18. The molecule has 0 spiro atoms. The number of hydrogen-bond acceptors (Lipinski definition) is 8. The smallest absolute Gasteiger partial charge is 0.255 e. The van der Waals surface area contributed by atoms with Crippen molar-refractivity contribution in [3.8, 4) is 22.8 Å². The van der Waals surface area contributed by atoms with Crippen molar-refractivity contribution in [2.24, 2.45) is 0 Å². The summed E-state index contributed by atoms with van der Waals surface area (Å²) in [5, 5.41) is 13.8. The van der Waals surface area contributed by atoms with Crippen LogP contribution in [0.2, 0.25) is 30.7 Å². The van der Waals surface area contributed by atoms with E-state index in [1.807, 2.05) is 34.9 Å². The summed E-state index contributed by atoms with van der Waals surface area (Å²) in [6.45, 7) is 11.3. The Kier molecular flexibility index (Phi) is 7.51. The van der Waals surface area contributed by atoms with E-state index in [-0.39, 0.29) is 18.3 Å². The Balaban J connectivity index is 1.32. The fraction of sp³-hybridized carbons (Fsp3) is 0.423. The van der Waals surface area contributed by atoms with Crippen LogP contribution in [-0.2, 0) is 18.0 Å². The normalized spacial score (nSPS) is 14.5. The number of fused-ring (bicyclic) bond motifs is 1. The summed E-state index contributed by atoms with van der Waals surface area (Å²) < 4.78 is 14.8. The zero-order chi connectivity index (χ0) is 26.9. The van der Waals surface area contributed by atoms with Crippen molar-refractivity contribution in [1.82, 2.24) is 29.5 Å². The minimum atomic E-state index is -1.18. The lowest BCUT2D eigenvalue weighted by Crippen LogP contribution is -2.35. The lowest BCUT2D eigenvalue weighted by Gasteiger charge is -2.32. The maximum atomic E-state index is 12.7. The van der Waals surface area contributed by atoms with Gasteiger partial charge in [0, 0.05) is 50.5 Å². The van der Waals surface area contributed by atoms with E-state index in [0.717, 1.165) is 36.8 Å². The lowest BCUT2D eigenvalue weighted by molar-refractivity contribution is 0.0840. The third-order valence-corrected chi connectivity index (χ3v) is 8.58. The molecule has 1 aliphatic rings. The number of aromatic nitrogens is 6. The molecule has 0 radical (unpaired) electrons. The average molecular weight is 554 g/mol. The Bertz CT molecular complexity index is 1480. The molecule has 4 heterocycles. The molecule has 0 bridgehead atoms. The van der Waals surface area contributed by atoms with Crippen LogP contribution in [0, 0.1) is 0 Å². The largest absolute Gasteiger partial charge is 0.361 e. The number of rotatable bonds is 9. The van der Waals surface area contributed by atoms with Crippen molar-refractivity contribution in [2.75, 3.05) is 18.1 Å². The lowest BCUT2D eigenvalue weighted by atomic mass is 10.1. The molecule has 0 saturated heterocycles. The molecular formula is C26H32ClN7O3Si. The highest BCUT2D eigenvalue weighted by atomic mass is 35.5. The van der Waals surface area contributed by atoms with Gasteiger partial charge in [-0.2, -0.15) is 0 Å². The van der Waals surface area contributed by atoms with Crippen LogP contribution < -0.4 is 10.5 Å². The molecule has 4 aromatic rings. The third-order valence-electron chi connectivity index (χ3n) is 6.64. The maximum absolute atomic E-state index is 12.7. The van der Waals surface area contributed by atoms with E-state index in [2.05, 4.69) is 51.8 Å². The van der Waals surface area contributed by atoms with E-state index < -0.39 is 8.07 Å². The zero-order valence-corrected chi connectivity index (χ0v) is 23.9. The first kappa shape index (κ1) is 26.3. The molecule has 0 saturated carbocycles. The summed E-state index contributed by atoms with van der Waals surface area (Å²) in [4.78, 5) is 19.4. The monoisotopic (exact) mass is 553 g/mol. The highest BCUT2D eigenvalue weighted by Gasteiger charge is 2.29. The van der Waals surface area contributed by atoms with Gasteiger partial charge in [-0.1, -0.05) is 48.5 Å². The van der Waals surface area contributed by atoms with Gasteiger partial charge in [-0.05, 0) is 31.5 Å². The number of hydrogen-bond donors (Lipinski definition) is 0. The summed E-state index contributed by atoms with van der Waals surface area (Å²) in [5.74, 6) is 1.94. The number of anilines is 1. The summed E-state index contributed by atoms with van der Waals surface area (Å²) in [6.07, 6.45) is 2.41. The fourth-order valence-electron chi connectivity index (χ4n) is 4.38. The highest BCUT2D eigenvalue weighted by Crippen LogP contribution is 2.33. The number of ether oxygens (including phenoxy) is 1. The van der Waals surface area contributed by atoms with Crippen LogP contribution in [0.3, 0.4) is 0 Å². The molecule has 1 aromatic carbocycles. The SMILES string of the molecule is C[C@H](c1cc(-c2cccc(Cl)c2)on1)N1CCCn2c(-c3cc(=O)n(COCC[Si](C)(C)C)cn3)nnc21. The van der Waals surface area contributed by atoms with E-state index in [1.54, 1.807) is 0 Å². The van der Waals surface area contributed by atoms with Crippen molar-refractivity contribution < 1.29 is 9.26 Å². The fourth-order valence-corrected chi connectivity index (χ4v) is 5.33. The molecule has 10 nitrogen and oxygen atoms in total. The first-order chi connectivity index (χ1) is 18.2. The van der Waals surface area contributed by atoms with Gasteiger partial charge in [0.2, 0.25) is 5.95 Å². The molecule has 0 unspecified atom stereocenters. The average Bonchev–Trinajstić information content (AvgIpc) is 3.54. The van der Waals surface area contributed by atoms with Crippen LogP contribution in [0.1, 0.15) is 25.1 Å². The Morgan fingerprint density at radius 3 is 2.76 bits per heavy atom. The standard InChI is InChI=1S/C26H32ClN7O3Si/c1-18(21-14-23(37-31-21)19-7-5-8-20(27)13-19)33-9-6-10-34-25(29-30-26(33)34)22-15-24(35)32(16-28-22)17-36-11-12-38(2,3)4/h5,7-8,13-16,18H,6,9-12,17H2,1-4H3/t18-/m1/s1. The van der Waals surface area contributed by atoms with Crippen LogP contribution in [0.15, 0.2) is 52.0 Å². The molecule has 0 aliphatic carbocycles. The van der Waals surface area contributed by atoms with Gasteiger partial charge in [0.15, 0.2) is 11.6 Å². The van der Waals surface area contributed by atoms with E-state index in [0.29, 0.717) is 34.9 Å². The van der Waals surface area contributed by atoms with Crippen LogP contribution in [0.4, 0.5) is 5.95 Å². The molecule has 200 valence electrons. The van der Waals surface area contributed by atoms with Gasteiger partial charge in [0.25, 0.3) is 5.56 Å². The van der Waals surface area contributed by atoms with E-state index in [4.69, 9.17) is 20.9 Å². The molecule has 0 fully saturated rings. The molecule has 1 atom stereocenters. The van der Waals surface area contributed by atoms with Gasteiger partial charge < -0.3 is 14.2 Å². The van der Waals surface area contributed by atoms with Gasteiger partial charge in [0.1, 0.15) is 24.4 Å². The van der Waals surface area contributed by atoms with Gasteiger partial charge in [-0.25, -0.2) is 4.98 Å². The first-order valence-electron chi connectivity index (χ1n) is 12.8. The molecular weight excluding hydrogens is 522 g/mol. The first-order valence-corrected chi connectivity index (χ1v) is 16.9. The van der Waals surface area contributed by atoms with Crippen LogP contribution in [0.5, 0.6) is 0 Å². The quantitative estimate of drug-likeness (QED) is 0.208. The molecule has 0 amide bonds. The van der Waals surface area contributed by atoms with Gasteiger partial charge in [0.05, 0.1) is 6.04 Å². The predicted octanol–water partition coefficient (Wildman–Crippen LogP) is 5.09. The maximum Gasteiger partial charge on any atom is 0.255 e. The van der Waals surface area contributed by atoms with Crippen LogP contribution in [0.25, 0.3) is 22.8 Å². The van der Waals surface area contributed by atoms with Crippen molar-refractivity contribution in [3.63, 3.8) is 0 Å². The summed E-state index contributed by atoms with van der Waals surface area (Å²) in [5.41, 5.74) is 1.96. The van der Waals surface area contributed by atoms with Crippen LogP contribution >= 0.6 is 11.6 Å². The summed E-state index contributed by atoms with van der Waals surface area (Å²) >= 11 is 6.14. The van der Waals surface area contributed by atoms with Crippen molar-refractivity contribution in [3.05, 3.63) is 63.8 Å². The highest BCUT2D eigenvalue weighted by molar-refractivity contribution is 6.76. The minimum absolute atomic E-state index is 0.1000. The second-order valence-corrected chi connectivity index (χ2v) is 16.8. The van der Waals surface area contributed by atoms with Crippen molar-refractivity contribution >= 4 is 25.6 Å². The number of halogens is 1. The molecule has 12 heteroatoms. The van der Waals surface area contributed by atoms with Crippen LogP contribution in [-0.4, -0.2) is 50.7 Å². The molecule has 0 N–H and O–H groups in total. The van der Waals surface area contributed by atoms with E-state index in [9.17, 15) is 4.79 Å². The second kappa shape index (κ2) is 10.8. The molecule has 38 heavy (non-hydrogen) atoms.